The summed E-state index contributed by atoms with van der Waals surface area (Å²) in [7, 11) is 0. The van der Waals surface area contributed by atoms with Crippen LogP contribution in [-0.2, 0) is 6.54 Å². The molecule has 3 aromatic carbocycles. The van der Waals surface area contributed by atoms with Crippen LogP contribution in [0.1, 0.15) is 25.7 Å². The Morgan fingerprint density at radius 3 is 2.42 bits per heavy atom. The molecule has 0 bridgehead atoms. The molecular formula is C26H26BrN3O. The van der Waals surface area contributed by atoms with Gasteiger partial charge in [-0.3, -0.25) is 4.68 Å². The average molecular weight is 476 g/mol. The van der Waals surface area contributed by atoms with Gasteiger partial charge >= 0.3 is 0 Å². The van der Waals surface area contributed by atoms with E-state index in [0.29, 0.717) is 0 Å². The van der Waals surface area contributed by atoms with E-state index in [0.717, 1.165) is 65.9 Å². The lowest BCUT2D eigenvalue weighted by Gasteiger charge is -2.11. The minimum atomic E-state index is 0.736. The molecule has 1 heterocycles. The number of nitrogens with zero attached hydrogens (tertiary/aromatic N) is 3. The summed E-state index contributed by atoms with van der Waals surface area (Å²) in [6.07, 6.45) is 6.44. The van der Waals surface area contributed by atoms with Gasteiger partial charge in [0.05, 0.1) is 12.8 Å². The Balaban J connectivity index is 1.18. The van der Waals surface area contributed by atoms with E-state index in [2.05, 4.69) is 80.8 Å². The van der Waals surface area contributed by atoms with Crippen LogP contribution >= 0.6 is 15.9 Å². The SMILES string of the molecule is Brc1cccc(-c2cn(CCCCCCOc3ccccc3-c3ccccc3)nn2)c1. The summed E-state index contributed by atoms with van der Waals surface area (Å²) in [5.41, 5.74) is 4.32. The number of unbranched alkanes of at least 4 members (excludes halogenated alkanes) is 3. The predicted octanol–water partition coefficient (Wildman–Crippen LogP) is 7.01. The lowest BCUT2D eigenvalue weighted by atomic mass is 10.1. The fourth-order valence-corrected chi connectivity index (χ4v) is 3.95. The second-order valence-corrected chi connectivity index (χ2v) is 8.42. The molecule has 0 N–H and O–H groups in total. The number of benzene rings is 3. The molecule has 4 rings (SSSR count). The third kappa shape index (κ3) is 6.05. The number of ether oxygens (including phenoxy) is 1. The van der Waals surface area contributed by atoms with Gasteiger partial charge in [-0.1, -0.05) is 88.2 Å². The maximum Gasteiger partial charge on any atom is 0.127 e. The Labute approximate surface area is 192 Å². The van der Waals surface area contributed by atoms with E-state index in [4.69, 9.17) is 4.74 Å². The molecule has 4 nitrogen and oxygen atoms in total. The first kappa shape index (κ1) is 21.3. The summed E-state index contributed by atoms with van der Waals surface area (Å²) < 4.78 is 9.07. The number of aryl methyl sites for hydroxylation is 1. The van der Waals surface area contributed by atoms with E-state index in [9.17, 15) is 0 Å². The average Bonchev–Trinajstić information content (AvgIpc) is 3.28. The number of rotatable bonds is 10. The van der Waals surface area contributed by atoms with E-state index < -0.39 is 0 Å². The topological polar surface area (TPSA) is 39.9 Å². The standard InChI is InChI=1S/C26H26BrN3O/c27-23-14-10-13-22(19-23)25-20-30(29-28-25)17-8-1-2-9-18-31-26-16-7-6-15-24(26)21-11-4-3-5-12-21/h3-7,10-16,19-20H,1-2,8-9,17-18H2. The maximum atomic E-state index is 6.09. The molecule has 0 unspecified atom stereocenters. The molecule has 0 aliphatic carbocycles. The van der Waals surface area contributed by atoms with Crippen LogP contribution in [0.3, 0.4) is 0 Å². The highest BCUT2D eigenvalue weighted by Gasteiger charge is 2.06. The second kappa shape index (κ2) is 10.9. The molecule has 0 amide bonds. The van der Waals surface area contributed by atoms with Crippen LogP contribution in [0.4, 0.5) is 0 Å². The van der Waals surface area contributed by atoms with Gasteiger partial charge in [0.2, 0.25) is 0 Å². The number of para-hydroxylation sites is 1. The molecule has 0 fully saturated rings. The Bertz CT molecular complexity index is 1090. The lowest BCUT2D eigenvalue weighted by molar-refractivity contribution is 0.305. The molecule has 158 valence electrons. The smallest absolute Gasteiger partial charge is 0.127 e. The van der Waals surface area contributed by atoms with Gasteiger partial charge in [-0.15, -0.1) is 5.10 Å². The monoisotopic (exact) mass is 475 g/mol. The summed E-state index contributed by atoms with van der Waals surface area (Å²) in [4.78, 5) is 0. The molecule has 31 heavy (non-hydrogen) atoms. The second-order valence-electron chi connectivity index (χ2n) is 7.50. The molecule has 0 radical (unpaired) electrons. The summed E-state index contributed by atoms with van der Waals surface area (Å²) in [6.45, 7) is 1.62. The summed E-state index contributed by atoms with van der Waals surface area (Å²) in [6, 6.07) is 26.8. The van der Waals surface area contributed by atoms with Crippen molar-refractivity contribution in [3.05, 3.63) is 89.5 Å². The molecule has 4 aromatic rings. The van der Waals surface area contributed by atoms with Gasteiger partial charge in [-0.2, -0.15) is 0 Å². The fraction of sp³-hybridized carbons (Fsp3) is 0.231. The lowest BCUT2D eigenvalue weighted by Crippen LogP contribution is -2.01. The molecule has 0 aliphatic heterocycles. The normalized spacial score (nSPS) is 10.9. The van der Waals surface area contributed by atoms with Crippen molar-refractivity contribution in [2.24, 2.45) is 0 Å². The van der Waals surface area contributed by atoms with Crippen LogP contribution < -0.4 is 4.74 Å². The largest absolute Gasteiger partial charge is 0.493 e. The fourth-order valence-electron chi connectivity index (χ4n) is 3.55. The Morgan fingerprint density at radius 1 is 0.774 bits per heavy atom. The van der Waals surface area contributed by atoms with E-state index in [-0.39, 0.29) is 0 Å². The van der Waals surface area contributed by atoms with Crippen LogP contribution in [-0.4, -0.2) is 21.6 Å². The number of halogens is 1. The van der Waals surface area contributed by atoms with Gasteiger partial charge in [-0.05, 0) is 43.0 Å². The van der Waals surface area contributed by atoms with Crippen LogP contribution in [0.2, 0.25) is 0 Å². The Hall–Kier alpha value is -2.92. The molecule has 0 saturated carbocycles. The maximum absolute atomic E-state index is 6.09. The van der Waals surface area contributed by atoms with Crippen molar-refractivity contribution in [2.45, 2.75) is 32.2 Å². The number of hydrogen-bond donors (Lipinski definition) is 0. The minimum absolute atomic E-state index is 0.736. The van der Waals surface area contributed by atoms with E-state index >= 15 is 0 Å². The molecule has 0 saturated heterocycles. The third-order valence-electron chi connectivity index (χ3n) is 5.17. The Morgan fingerprint density at radius 2 is 1.55 bits per heavy atom. The Kier molecular flexibility index (Phi) is 7.51. The van der Waals surface area contributed by atoms with Crippen molar-refractivity contribution in [2.75, 3.05) is 6.61 Å². The van der Waals surface area contributed by atoms with Crippen LogP contribution in [0.25, 0.3) is 22.4 Å². The number of hydrogen-bond acceptors (Lipinski definition) is 3. The molecule has 0 atom stereocenters. The molecule has 0 aliphatic rings. The zero-order chi connectivity index (χ0) is 21.3. The highest BCUT2D eigenvalue weighted by molar-refractivity contribution is 9.10. The summed E-state index contributed by atoms with van der Waals surface area (Å²) in [5.74, 6) is 0.955. The first-order chi connectivity index (χ1) is 15.3. The van der Waals surface area contributed by atoms with Crippen molar-refractivity contribution in [1.29, 1.82) is 0 Å². The molecular weight excluding hydrogens is 450 g/mol. The van der Waals surface area contributed by atoms with Crippen molar-refractivity contribution < 1.29 is 4.74 Å². The first-order valence-corrected chi connectivity index (χ1v) is 11.5. The zero-order valence-electron chi connectivity index (χ0n) is 17.5. The van der Waals surface area contributed by atoms with Gasteiger partial charge in [0.1, 0.15) is 11.4 Å². The van der Waals surface area contributed by atoms with Crippen molar-refractivity contribution in [1.82, 2.24) is 15.0 Å². The molecule has 1 aromatic heterocycles. The first-order valence-electron chi connectivity index (χ1n) is 10.7. The zero-order valence-corrected chi connectivity index (χ0v) is 19.0. The highest BCUT2D eigenvalue weighted by Crippen LogP contribution is 2.29. The van der Waals surface area contributed by atoms with E-state index in [1.165, 1.54) is 5.56 Å². The third-order valence-corrected chi connectivity index (χ3v) is 5.66. The van der Waals surface area contributed by atoms with Gasteiger partial charge < -0.3 is 4.74 Å². The van der Waals surface area contributed by atoms with Gasteiger partial charge in [0, 0.05) is 22.1 Å². The van der Waals surface area contributed by atoms with Crippen LogP contribution in [0.15, 0.2) is 89.5 Å². The minimum Gasteiger partial charge on any atom is -0.493 e. The van der Waals surface area contributed by atoms with E-state index in [1.54, 1.807) is 0 Å². The summed E-state index contributed by atoms with van der Waals surface area (Å²) >= 11 is 3.50. The van der Waals surface area contributed by atoms with Crippen LogP contribution in [0, 0.1) is 0 Å². The highest BCUT2D eigenvalue weighted by atomic mass is 79.9. The predicted molar refractivity (Wildman–Crippen MR) is 129 cm³/mol. The van der Waals surface area contributed by atoms with Gasteiger partial charge in [0.15, 0.2) is 0 Å². The van der Waals surface area contributed by atoms with Crippen molar-refractivity contribution in [3.8, 4) is 28.1 Å². The number of aromatic nitrogens is 3. The van der Waals surface area contributed by atoms with Crippen molar-refractivity contribution >= 4 is 15.9 Å². The van der Waals surface area contributed by atoms with Crippen molar-refractivity contribution in [3.63, 3.8) is 0 Å². The molecule has 0 spiro atoms. The quantitative estimate of drug-likeness (QED) is 0.231. The van der Waals surface area contributed by atoms with Crippen LogP contribution in [0.5, 0.6) is 5.75 Å². The van der Waals surface area contributed by atoms with E-state index in [1.807, 2.05) is 35.1 Å². The summed E-state index contributed by atoms with van der Waals surface area (Å²) in [5, 5.41) is 8.56. The van der Waals surface area contributed by atoms with Gasteiger partial charge in [0.25, 0.3) is 0 Å². The molecule has 5 heteroatoms. The van der Waals surface area contributed by atoms with Gasteiger partial charge in [-0.25, -0.2) is 0 Å².